The van der Waals surface area contributed by atoms with Gasteiger partial charge in [0.05, 0.1) is 11.9 Å². The smallest absolute Gasteiger partial charge is 0.147 e. The molecule has 1 atom stereocenters. The van der Waals surface area contributed by atoms with E-state index in [1.807, 2.05) is 0 Å². The Labute approximate surface area is 105 Å². The third kappa shape index (κ3) is 6.05. The molecule has 0 saturated heterocycles. The summed E-state index contributed by atoms with van der Waals surface area (Å²) in [6, 6.07) is 6.29. The third-order valence-electron chi connectivity index (χ3n) is 2.09. The predicted octanol–water partition coefficient (Wildman–Crippen LogP) is 1.71. The van der Waals surface area contributed by atoms with Crippen LogP contribution < -0.4 is 0 Å². The first-order valence-corrected chi connectivity index (χ1v) is 8.16. The van der Waals surface area contributed by atoms with Crippen molar-refractivity contribution < 1.29 is 17.9 Å². The number of hydrogen-bond acceptors (Lipinski definition) is 4. The minimum absolute atomic E-state index is 0.0496. The van der Waals surface area contributed by atoms with Gasteiger partial charge in [-0.3, -0.25) is 0 Å². The number of benzene rings is 1. The quantitative estimate of drug-likeness (QED) is 0.805. The van der Waals surface area contributed by atoms with Gasteiger partial charge in [-0.15, -0.1) is 11.8 Å². The molecule has 0 aromatic heterocycles. The molecule has 1 aromatic carbocycles. The monoisotopic (exact) mass is 278 g/mol. The van der Waals surface area contributed by atoms with Crippen LogP contribution in [-0.2, 0) is 9.84 Å². The largest absolute Gasteiger partial charge is 0.392 e. The first-order valence-electron chi connectivity index (χ1n) is 5.11. The summed E-state index contributed by atoms with van der Waals surface area (Å²) in [4.78, 5) is 0.464. The summed E-state index contributed by atoms with van der Waals surface area (Å²) >= 11 is 1.19. The number of hydrogen-bond donors (Lipinski definition) is 1. The lowest BCUT2D eigenvalue weighted by Gasteiger charge is -2.09. The van der Waals surface area contributed by atoms with Crippen LogP contribution >= 0.6 is 11.8 Å². The maximum atomic E-state index is 13.2. The number of thioether (sulfide) groups is 1. The molecule has 3 nitrogen and oxygen atoms in total. The van der Waals surface area contributed by atoms with Crippen molar-refractivity contribution in [3.63, 3.8) is 0 Å². The highest BCUT2D eigenvalue weighted by Crippen LogP contribution is 2.22. The van der Waals surface area contributed by atoms with Crippen molar-refractivity contribution in [3.8, 4) is 0 Å². The molecule has 0 radical (unpaired) electrons. The number of halogens is 1. The second-order valence-corrected chi connectivity index (χ2v) is 7.14. The Balaban J connectivity index is 2.39. The zero-order chi connectivity index (χ0) is 12.9. The summed E-state index contributed by atoms with van der Waals surface area (Å²) in [7, 11) is -3.05. The summed E-state index contributed by atoms with van der Waals surface area (Å²) in [5.41, 5.74) is 0. The average Bonchev–Trinajstić information content (AvgIpc) is 2.24. The summed E-state index contributed by atoms with van der Waals surface area (Å²) < 4.78 is 35.0. The van der Waals surface area contributed by atoms with E-state index in [9.17, 15) is 17.9 Å². The zero-order valence-electron chi connectivity index (χ0n) is 9.47. The second kappa shape index (κ2) is 6.37. The first kappa shape index (κ1) is 14.5. The molecule has 0 amide bonds. The van der Waals surface area contributed by atoms with E-state index in [2.05, 4.69) is 0 Å². The topological polar surface area (TPSA) is 54.4 Å². The van der Waals surface area contributed by atoms with Gasteiger partial charge in [0.25, 0.3) is 0 Å². The molecule has 1 aromatic rings. The molecule has 0 aliphatic rings. The number of rotatable bonds is 6. The van der Waals surface area contributed by atoms with E-state index < -0.39 is 15.9 Å². The zero-order valence-corrected chi connectivity index (χ0v) is 11.1. The Morgan fingerprint density at radius 2 is 2.06 bits per heavy atom. The van der Waals surface area contributed by atoms with Crippen LogP contribution in [0.4, 0.5) is 4.39 Å². The van der Waals surface area contributed by atoms with Crippen molar-refractivity contribution in [1.29, 1.82) is 0 Å². The van der Waals surface area contributed by atoms with Crippen LogP contribution in [0.3, 0.4) is 0 Å². The summed E-state index contributed by atoms with van der Waals surface area (Å²) in [6.07, 6.45) is 0.568. The highest BCUT2D eigenvalue weighted by molar-refractivity contribution is 7.99. The summed E-state index contributed by atoms with van der Waals surface area (Å²) in [5, 5.41) is 9.56. The van der Waals surface area contributed by atoms with Crippen LogP contribution in [0.2, 0.25) is 0 Å². The number of aliphatic hydroxyl groups excluding tert-OH is 1. The van der Waals surface area contributed by atoms with Crippen molar-refractivity contribution >= 4 is 21.6 Å². The fraction of sp³-hybridized carbons (Fsp3) is 0.455. The van der Waals surface area contributed by atoms with E-state index in [-0.39, 0.29) is 23.7 Å². The van der Waals surface area contributed by atoms with Gasteiger partial charge >= 0.3 is 0 Å². The Morgan fingerprint density at radius 3 is 2.65 bits per heavy atom. The van der Waals surface area contributed by atoms with E-state index in [0.717, 1.165) is 6.26 Å². The van der Waals surface area contributed by atoms with Gasteiger partial charge in [0, 0.05) is 16.9 Å². The molecular weight excluding hydrogens is 263 g/mol. The molecule has 0 spiro atoms. The molecule has 0 aliphatic heterocycles. The first-order chi connectivity index (χ1) is 7.88. The minimum Gasteiger partial charge on any atom is -0.392 e. The van der Waals surface area contributed by atoms with Gasteiger partial charge in [-0.1, -0.05) is 12.1 Å². The summed E-state index contributed by atoms with van der Waals surface area (Å²) in [6.45, 7) is 0. The third-order valence-corrected chi connectivity index (χ3v) is 4.26. The van der Waals surface area contributed by atoms with Crippen molar-refractivity contribution in [2.24, 2.45) is 0 Å². The van der Waals surface area contributed by atoms with Gasteiger partial charge < -0.3 is 5.11 Å². The molecule has 96 valence electrons. The van der Waals surface area contributed by atoms with E-state index in [0.29, 0.717) is 4.90 Å². The Morgan fingerprint density at radius 1 is 1.41 bits per heavy atom. The molecule has 0 aliphatic carbocycles. The van der Waals surface area contributed by atoms with Crippen LogP contribution in [-0.4, -0.2) is 37.4 Å². The lowest BCUT2D eigenvalue weighted by molar-refractivity contribution is 0.196. The molecule has 6 heteroatoms. The standard InChI is InChI=1S/C11H15FO3S2/c1-17(14,15)7-6-9(13)8-16-11-5-3-2-4-10(11)12/h2-5,9,13H,6-8H2,1H3. The molecule has 0 fully saturated rings. The van der Waals surface area contributed by atoms with Gasteiger partial charge in [-0.25, -0.2) is 12.8 Å². The highest BCUT2D eigenvalue weighted by Gasteiger charge is 2.11. The van der Waals surface area contributed by atoms with Gasteiger partial charge in [0.15, 0.2) is 0 Å². The van der Waals surface area contributed by atoms with Crippen molar-refractivity contribution in [2.75, 3.05) is 17.8 Å². The highest BCUT2D eigenvalue weighted by atomic mass is 32.2. The molecule has 1 N–H and O–H groups in total. The molecule has 1 rings (SSSR count). The Hall–Kier alpha value is -0.590. The molecule has 17 heavy (non-hydrogen) atoms. The lowest BCUT2D eigenvalue weighted by Crippen LogP contribution is -2.16. The van der Waals surface area contributed by atoms with E-state index in [1.54, 1.807) is 18.2 Å². The Bertz CT molecular complexity index is 460. The fourth-order valence-electron chi connectivity index (χ4n) is 1.18. The molecule has 0 bridgehead atoms. The average molecular weight is 278 g/mol. The van der Waals surface area contributed by atoms with E-state index in [1.165, 1.54) is 17.8 Å². The number of aliphatic hydroxyl groups is 1. The molecule has 0 saturated carbocycles. The molecule has 0 heterocycles. The minimum atomic E-state index is -3.05. The summed E-state index contributed by atoms with van der Waals surface area (Å²) in [5.74, 6) is -0.0876. The maximum absolute atomic E-state index is 13.2. The lowest BCUT2D eigenvalue weighted by atomic mass is 10.3. The number of sulfone groups is 1. The van der Waals surface area contributed by atoms with Crippen LogP contribution in [0, 0.1) is 5.82 Å². The SMILES string of the molecule is CS(=O)(=O)CCC(O)CSc1ccccc1F. The normalized spacial score (nSPS) is 13.6. The van der Waals surface area contributed by atoms with Crippen molar-refractivity contribution in [1.82, 2.24) is 0 Å². The van der Waals surface area contributed by atoms with Crippen LogP contribution in [0.15, 0.2) is 29.2 Å². The van der Waals surface area contributed by atoms with Crippen molar-refractivity contribution in [3.05, 3.63) is 30.1 Å². The van der Waals surface area contributed by atoms with Crippen molar-refractivity contribution in [2.45, 2.75) is 17.4 Å². The maximum Gasteiger partial charge on any atom is 0.147 e. The van der Waals surface area contributed by atoms with Crippen LogP contribution in [0.1, 0.15) is 6.42 Å². The van der Waals surface area contributed by atoms with E-state index in [4.69, 9.17) is 0 Å². The van der Waals surface area contributed by atoms with Crippen LogP contribution in [0.5, 0.6) is 0 Å². The predicted molar refractivity (Wildman–Crippen MR) is 67.5 cm³/mol. The fourth-order valence-corrected chi connectivity index (χ4v) is 2.80. The molecular formula is C11H15FO3S2. The van der Waals surface area contributed by atoms with Gasteiger partial charge in [0.1, 0.15) is 15.7 Å². The van der Waals surface area contributed by atoms with Gasteiger partial charge in [-0.2, -0.15) is 0 Å². The van der Waals surface area contributed by atoms with Gasteiger partial charge in [0.2, 0.25) is 0 Å². The second-order valence-electron chi connectivity index (χ2n) is 3.81. The van der Waals surface area contributed by atoms with Gasteiger partial charge in [-0.05, 0) is 18.6 Å². The van der Waals surface area contributed by atoms with E-state index >= 15 is 0 Å². The van der Waals surface area contributed by atoms with Crippen LogP contribution in [0.25, 0.3) is 0 Å². The Kier molecular flexibility index (Phi) is 5.42. The molecule has 1 unspecified atom stereocenters.